The fourth-order valence-electron chi connectivity index (χ4n) is 3.83. The number of ether oxygens (including phenoxy) is 1. The number of sulfone groups is 1. The molecular formula is C17H33N3O3S. The van der Waals surface area contributed by atoms with Crippen LogP contribution in [-0.2, 0) is 14.6 Å². The predicted molar refractivity (Wildman–Crippen MR) is 98.1 cm³/mol. The Morgan fingerprint density at radius 1 is 1.08 bits per heavy atom. The smallest absolute Gasteiger partial charge is 0.191 e. The first kappa shape index (κ1) is 19.5. The molecule has 7 heteroatoms. The van der Waals surface area contributed by atoms with Gasteiger partial charge in [0.15, 0.2) is 5.96 Å². The second kappa shape index (κ2) is 8.04. The summed E-state index contributed by atoms with van der Waals surface area (Å²) in [7, 11) is 0.590. The van der Waals surface area contributed by atoms with Crippen LogP contribution >= 0.6 is 0 Å². The van der Waals surface area contributed by atoms with Crippen molar-refractivity contribution in [1.82, 2.24) is 10.6 Å². The monoisotopic (exact) mass is 359 g/mol. The summed E-state index contributed by atoms with van der Waals surface area (Å²) in [5.41, 5.74) is 0.212. The number of hydrogen-bond acceptors (Lipinski definition) is 4. The van der Waals surface area contributed by atoms with Crippen molar-refractivity contribution in [2.45, 2.75) is 44.9 Å². The van der Waals surface area contributed by atoms with Crippen LogP contribution in [0.2, 0.25) is 0 Å². The van der Waals surface area contributed by atoms with Gasteiger partial charge < -0.3 is 15.4 Å². The Morgan fingerprint density at radius 3 is 2.12 bits per heavy atom. The summed E-state index contributed by atoms with van der Waals surface area (Å²) in [6.07, 6.45) is 9.38. The second-order valence-electron chi connectivity index (χ2n) is 7.80. The molecule has 0 atom stereocenters. The van der Waals surface area contributed by atoms with Crippen molar-refractivity contribution < 1.29 is 13.2 Å². The minimum atomic E-state index is -2.93. The molecule has 0 aromatic heterocycles. The van der Waals surface area contributed by atoms with E-state index in [1.807, 2.05) is 0 Å². The van der Waals surface area contributed by atoms with Crippen LogP contribution in [0.1, 0.15) is 44.9 Å². The van der Waals surface area contributed by atoms with E-state index < -0.39 is 9.84 Å². The van der Waals surface area contributed by atoms with Crippen LogP contribution in [0.25, 0.3) is 0 Å². The highest BCUT2D eigenvalue weighted by molar-refractivity contribution is 7.90. The zero-order valence-corrected chi connectivity index (χ0v) is 16.2. The maximum Gasteiger partial charge on any atom is 0.191 e. The largest absolute Gasteiger partial charge is 0.385 e. The molecule has 24 heavy (non-hydrogen) atoms. The minimum absolute atomic E-state index is 0.0910. The minimum Gasteiger partial charge on any atom is -0.385 e. The van der Waals surface area contributed by atoms with E-state index in [1.54, 1.807) is 14.2 Å². The summed E-state index contributed by atoms with van der Waals surface area (Å²) >= 11 is 0. The van der Waals surface area contributed by atoms with E-state index >= 15 is 0 Å². The van der Waals surface area contributed by atoms with Gasteiger partial charge in [-0.3, -0.25) is 4.99 Å². The van der Waals surface area contributed by atoms with Crippen molar-refractivity contribution in [3.05, 3.63) is 0 Å². The highest BCUT2D eigenvalue weighted by Gasteiger charge is 2.45. The quantitative estimate of drug-likeness (QED) is 0.482. The molecule has 0 spiro atoms. The molecule has 6 nitrogen and oxygen atoms in total. The summed E-state index contributed by atoms with van der Waals surface area (Å²) in [4.78, 5) is 4.30. The van der Waals surface area contributed by atoms with Gasteiger partial charge in [0.25, 0.3) is 0 Å². The number of guanidine groups is 1. The molecule has 0 saturated heterocycles. The van der Waals surface area contributed by atoms with Crippen LogP contribution in [0.5, 0.6) is 0 Å². The van der Waals surface area contributed by atoms with E-state index in [4.69, 9.17) is 4.74 Å². The molecule has 2 N–H and O–H groups in total. The first-order valence-corrected chi connectivity index (χ1v) is 11.0. The molecule has 0 aromatic carbocycles. The van der Waals surface area contributed by atoms with Gasteiger partial charge in [0.2, 0.25) is 0 Å². The maximum atomic E-state index is 11.6. The fraction of sp³-hybridized carbons (Fsp3) is 0.941. The Labute approximate surface area is 146 Å². The van der Waals surface area contributed by atoms with Gasteiger partial charge in [-0.25, -0.2) is 8.42 Å². The fourth-order valence-corrected chi connectivity index (χ4v) is 5.33. The van der Waals surface area contributed by atoms with Crippen molar-refractivity contribution in [2.75, 3.05) is 45.9 Å². The van der Waals surface area contributed by atoms with Crippen LogP contribution in [0.4, 0.5) is 0 Å². The average Bonchev–Trinajstić information content (AvgIpc) is 3.10. The molecule has 2 saturated carbocycles. The molecule has 2 rings (SSSR count). The number of rotatable bonds is 9. The van der Waals surface area contributed by atoms with E-state index in [0.717, 1.165) is 38.4 Å². The van der Waals surface area contributed by atoms with Gasteiger partial charge in [0.1, 0.15) is 9.84 Å². The summed E-state index contributed by atoms with van der Waals surface area (Å²) < 4.78 is 28.4. The summed E-state index contributed by atoms with van der Waals surface area (Å²) in [6.45, 7) is 2.37. The highest BCUT2D eigenvalue weighted by atomic mass is 32.2. The third-order valence-corrected chi connectivity index (χ3v) is 6.65. The topological polar surface area (TPSA) is 79.8 Å². The molecule has 0 amide bonds. The van der Waals surface area contributed by atoms with E-state index in [-0.39, 0.29) is 11.2 Å². The van der Waals surface area contributed by atoms with E-state index in [9.17, 15) is 8.42 Å². The van der Waals surface area contributed by atoms with Crippen molar-refractivity contribution in [3.63, 3.8) is 0 Å². The van der Waals surface area contributed by atoms with Gasteiger partial charge in [-0.1, -0.05) is 12.8 Å². The third-order valence-electron chi connectivity index (χ3n) is 5.51. The van der Waals surface area contributed by atoms with Gasteiger partial charge >= 0.3 is 0 Å². The number of methoxy groups -OCH3 is 1. The van der Waals surface area contributed by atoms with Gasteiger partial charge in [0.05, 0.1) is 5.75 Å². The number of nitrogens with one attached hydrogen (secondary N) is 2. The third kappa shape index (κ3) is 5.92. The number of nitrogens with zero attached hydrogens (tertiary/aromatic N) is 1. The first-order valence-electron chi connectivity index (χ1n) is 8.93. The van der Waals surface area contributed by atoms with Crippen LogP contribution < -0.4 is 10.6 Å². The Balaban J connectivity index is 1.82. The molecule has 2 aliphatic carbocycles. The van der Waals surface area contributed by atoms with E-state index in [1.165, 1.54) is 31.9 Å². The molecular weight excluding hydrogens is 326 g/mol. The first-order chi connectivity index (χ1) is 11.3. The van der Waals surface area contributed by atoms with Gasteiger partial charge in [0, 0.05) is 45.5 Å². The molecule has 140 valence electrons. The lowest BCUT2D eigenvalue weighted by Crippen LogP contribution is -2.45. The van der Waals surface area contributed by atoms with Crippen molar-refractivity contribution >= 4 is 15.8 Å². The molecule has 0 radical (unpaired) electrons. The molecule has 0 heterocycles. The standard InChI is InChI=1S/C17H33N3O3S/c1-18-15(20-13-17(8-9-17)14-24(3,21)22)19-12-16(10-11-23-2)6-4-5-7-16/h4-14H2,1-3H3,(H2,18,19,20). The zero-order chi connectivity index (χ0) is 17.7. The summed E-state index contributed by atoms with van der Waals surface area (Å²) in [5, 5.41) is 6.79. The van der Waals surface area contributed by atoms with Crippen molar-refractivity contribution in [3.8, 4) is 0 Å². The Morgan fingerprint density at radius 2 is 1.67 bits per heavy atom. The Bertz CT molecular complexity index is 535. The van der Waals surface area contributed by atoms with Crippen molar-refractivity contribution in [1.29, 1.82) is 0 Å². The van der Waals surface area contributed by atoms with Crippen LogP contribution in [-0.4, -0.2) is 60.2 Å². The zero-order valence-electron chi connectivity index (χ0n) is 15.4. The van der Waals surface area contributed by atoms with E-state index in [0.29, 0.717) is 12.0 Å². The average molecular weight is 360 g/mol. The van der Waals surface area contributed by atoms with Crippen molar-refractivity contribution in [2.24, 2.45) is 15.8 Å². The normalized spacial score (nSPS) is 22.4. The van der Waals surface area contributed by atoms with Crippen LogP contribution in [0.3, 0.4) is 0 Å². The lowest BCUT2D eigenvalue weighted by molar-refractivity contribution is 0.138. The number of hydrogen-bond donors (Lipinski definition) is 2. The molecule has 0 bridgehead atoms. The van der Waals surface area contributed by atoms with Gasteiger partial charge in [-0.05, 0) is 37.5 Å². The van der Waals surface area contributed by atoms with Gasteiger partial charge in [-0.2, -0.15) is 0 Å². The highest BCUT2D eigenvalue weighted by Crippen LogP contribution is 2.46. The lowest BCUT2D eigenvalue weighted by atomic mass is 9.83. The number of aliphatic imine (C=N–C) groups is 1. The molecule has 0 unspecified atom stereocenters. The molecule has 2 aliphatic rings. The predicted octanol–water partition coefficient (Wildman–Crippen LogP) is 1.57. The summed E-state index contributed by atoms with van der Waals surface area (Å²) in [6, 6.07) is 0. The lowest BCUT2D eigenvalue weighted by Gasteiger charge is -2.30. The molecule has 0 aliphatic heterocycles. The van der Waals surface area contributed by atoms with Gasteiger partial charge in [-0.15, -0.1) is 0 Å². The van der Waals surface area contributed by atoms with Crippen LogP contribution in [0.15, 0.2) is 4.99 Å². The van der Waals surface area contributed by atoms with Crippen LogP contribution in [0, 0.1) is 10.8 Å². The Kier molecular flexibility index (Phi) is 6.53. The maximum absolute atomic E-state index is 11.6. The van der Waals surface area contributed by atoms with E-state index in [2.05, 4.69) is 15.6 Å². The molecule has 2 fully saturated rings. The SMILES string of the molecule is CN=C(NCC1(CCOC)CCCC1)NCC1(CS(C)(=O)=O)CC1. The Hall–Kier alpha value is -0.820. The molecule has 0 aromatic rings. The second-order valence-corrected chi connectivity index (χ2v) is 9.94. The summed E-state index contributed by atoms with van der Waals surface area (Å²) in [5.74, 6) is 1.04.